The van der Waals surface area contributed by atoms with Gasteiger partial charge in [-0.3, -0.25) is 0 Å². The van der Waals surface area contributed by atoms with Crippen molar-refractivity contribution < 1.29 is 34.9 Å². The van der Waals surface area contributed by atoms with Crippen molar-refractivity contribution in [2.24, 2.45) is 0 Å². The molecule has 7 nitrogen and oxygen atoms in total. The zero-order valence-corrected chi connectivity index (χ0v) is 7.72. The van der Waals surface area contributed by atoms with Crippen molar-refractivity contribution in [1.29, 1.82) is 0 Å². The summed E-state index contributed by atoms with van der Waals surface area (Å²) >= 11 is 0. The molecule has 5 N–H and O–H groups in total. The van der Waals surface area contributed by atoms with Crippen molar-refractivity contribution in [2.75, 3.05) is 25.4 Å². The van der Waals surface area contributed by atoms with Gasteiger partial charge in [0, 0.05) is 0 Å². The molecule has 0 atom stereocenters. The van der Waals surface area contributed by atoms with Gasteiger partial charge in [-0.2, -0.15) is 0 Å². The standard InChI is InChI=1S/C5H13O7P/c6-1-13(2-7,3-8,4-9)12-5(10)11/h6-9H,1-4H2,(H,10,11). The monoisotopic (exact) mass is 216 g/mol. The molecule has 0 aromatic rings. The molecular formula is C5H13O7P. The molecule has 80 valence electrons. The predicted molar refractivity (Wildman–Crippen MR) is 44.4 cm³/mol. The number of carbonyl (C=O) groups is 1. The average Bonchev–Trinajstić information content (AvgIpc) is 2.15. The van der Waals surface area contributed by atoms with Crippen LogP contribution in [-0.2, 0) is 4.52 Å². The van der Waals surface area contributed by atoms with Crippen molar-refractivity contribution in [3.8, 4) is 0 Å². The Hall–Kier alpha value is -0.460. The molecule has 0 radical (unpaired) electrons. The van der Waals surface area contributed by atoms with E-state index in [1.54, 1.807) is 0 Å². The molecule has 0 aliphatic carbocycles. The Morgan fingerprint density at radius 1 is 1.00 bits per heavy atom. The zero-order chi connectivity index (χ0) is 10.6. The van der Waals surface area contributed by atoms with Crippen molar-refractivity contribution >= 4 is 13.0 Å². The number of hydrogen-bond donors (Lipinski definition) is 5. The van der Waals surface area contributed by atoms with E-state index in [1.165, 1.54) is 0 Å². The van der Waals surface area contributed by atoms with Crippen LogP contribution in [0.3, 0.4) is 0 Å². The van der Waals surface area contributed by atoms with Crippen LogP contribution < -0.4 is 0 Å². The second-order valence-corrected chi connectivity index (χ2v) is 7.81. The Bertz CT molecular complexity index is 166. The molecule has 0 saturated heterocycles. The van der Waals surface area contributed by atoms with Crippen LogP contribution >= 0.6 is 6.83 Å². The maximum atomic E-state index is 10.2. The molecule has 0 bridgehead atoms. The SMILES string of the molecule is O=C(O)OP(CO)(CO)(CO)CO. The van der Waals surface area contributed by atoms with E-state index < -0.39 is 38.4 Å². The predicted octanol–water partition coefficient (Wildman–Crippen LogP) is -1.05. The van der Waals surface area contributed by atoms with Gasteiger partial charge in [0.15, 0.2) is 0 Å². The third-order valence-electron chi connectivity index (χ3n) is 1.77. The molecule has 0 rings (SSSR count). The molecule has 0 aliphatic rings. The van der Waals surface area contributed by atoms with Gasteiger partial charge in [-0.25, -0.2) is 0 Å². The van der Waals surface area contributed by atoms with Crippen LogP contribution in [0.25, 0.3) is 0 Å². The fraction of sp³-hybridized carbons (Fsp3) is 0.800. The van der Waals surface area contributed by atoms with Gasteiger partial charge in [0.2, 0.25) is 0 Å². The Labute approximate surface area is 74.2 Å². The van der Waals surface area contributed by atoms with E-state index in [0.717, 1.165) is 0 Å². The van der Waals surface area contributed by atoms with Crippen molar-refractivity contribution in [3.63, 3.8) is 0 Å². The zero-order valence-electron chi connectivity index (χ0n) is 6.83. The molecule has 8 heteroatoms. The molecule has 0 saturated carbocycles. The summed E-state index contributed by atoms with van der Waals surface area (Å²) in [7, 11) is 0. The third-order valence-corrected chi connectivity index (χ3v) is 5.30. The summed E-state index contributed by atoms with van der Waals surface area (Å²) in [6.45, 7) is -4.15. The van der Waals surface area contributed by atoms with E-state index in [4.69, 9.17) is 25.5 Å². The first-order chi connectivity index (χ1) is 5.97. The van der Waals surface area contributed by atoms with Gasteiger partial charge >= 0.3 is 73.2 Å². The molecule has 0 spiro atoms. The van der Waals surface area contributed by atoms with Gasteiger partial charge in [-0.15, -0.1) is 0 Å². The van der Waals surface area contributed by atoms with Crippen LogP contribution in [0.1, 0.15) is 0 Å². The van der Waals surface area contributed by atoms with Gasteiger partial charge in [0.05, 0.1) is 0 Å². The first-order valence-corrected chi connectivity index (χ1v) is 6.24. The van der Waals surface area contributed by atoms with E-state index in [9.17, 15) is 4.79 Å². The van der Waals surface area contributed by atoms with Gasteiger partial charge in [0.1, 0.15) is 0 Å². The molecule has 0 amide bonds. The van der Waals surface area contributed by atoms with Crippen LogP contribution in [0.5, 0.6) is 0 Å². The van der Waals surface area contributed by atoms with Gasteiger partial charge < -0.3 is 0 Å². The Kier molecular flexibility index (Phi) is 4.02. The quantitative estimate of drug-likeness (QED) is 0.371. The minimum atomic E-state index is -4.15. The summed E-state index contributed by atoms with van der Waals surface area (Å²) in [4.78, 5) is 10.2. The van der Waals surface area contributed by atoms with Gasteiger partial charge in [0.25, 0.3) is 0 Å². The number of carboxylic acid groups (broad SMARTS) is 1. The van der Waals surface area contributed by atoms with E-state index in [0.29, 0.717) is 0 Å². The van der Waals surface area contributed by atoms with Crippen molar-refractivity contribution in [3.05, 3.63) is 0 Å². The van der Waals surface area contributed by atoms with Crippen molar-refractivity contribution in [2.45, 2.75) is 0 Å². The molecule has 0 aromatic carbocycles. The summed E-state index contributed by atoms with van der Waals surface area (Å²) in [5.41, 5.74) is 0. The Balaban J connectivity index is 4.94. The molecule has 0 unspecified atom stereocenters. The van der Waals surface area contributed by atoms with E-state index >= 15 is 0 Å². The van der Waals surface area contributed by atoms with E-state index in [2.05, 4.69) is 4.52 Å². The number of rotatable bonds is 5. The topological polar surface area (TPSA) is 127 Å². The molecule has 0 fully saturated rings. The van der Waals surface area contributed by atoms with Crippen LogP contribution in [0, 0.1) is 0 Å². The van der Waals surface area contributed by atoms with Gasteiger partial charge in [-0.1, -0.05) is 0 Å². The fourth-order valence-electron chi connectivity index (χ4n) is 0.605. The van der Waals surface area contributed by atoms with E-state index in [-0.39, 0.29) is 0 Å². The Morgan fingerprint density at radius 3 is 1.38 bits per heavy atom. The molecule has 0 aromatic heterocycles. The second kappa shape index (κ2) is 4.17. The van der Waals surface area contributed by atoms with Gasteiger partial charge in [-0.05, 0) is 0 Å². The summed E-state index contributed by atoms with van der Waals surface area (Å²) in [5.74, 6) is 0. The molecular weight excluding hydrogens is 203 g/mol. The molecule has 0 heterocycles. The maximum absolute atomic E-state index is 10.2. The van der Waals surface area contributed by atoms with Crippen LogP contribution in [0.2, 0.25) is 0 Å². The molecule has 13 heavy (non-hydrogen) atoms. The summed E-state index contributed by atoms with van der Waals surface area (Å²) in [6.07, 6.45) is -5.30. The fourth-order valence-corrected chi connectivity index (χ4v) is 1.81. The number of aliphatic hydroxyl groups excluding tert-OH is 4. The van der Waals surface area contributed by atoms with Crippen LogP contribution in [-0.4, -0.2) is 57.1 Å². The third kappa shape index (κ3) is 2.26. The summed E-state index contributed by atoms with van der Waals surface area (Å²) in [6, 6.07) is 0. The summed E-state index contributed by atoms with van der Waals surface area (Å²) < 4.78 is 4.27. The number of aliphatic hydroxyl groups is 4. The average molecular weight is 216 g/mol. The van der Waals surface area contributed by atoms with E-state index in [1.807, 2.05) is 0 Å². The minimum absolute atomic E-state index is 0.888. The van der Waals surface area contributed by atoms with Crippen LogP contribution in [0.15, 0.2) is 0 Å². The summed E-state index contributed by atoms with van der Waals surface area (Å²) in [5, 5.41) is 43.8. The normalized spacial score (nSPS) is 14.6. The van der Waals surface area contributed by atoms with Crippen molar-refractivity contribution in [1.82, 2.24) is 0 Å². The second-order valence-electron chi connectivity index (χ2n) is 2.78. The first kappa shape index (κ1) is 12.5. The number of hydrogen-bond acceptors (Lipinski definition) is 6. The first-order valence-electron chi connectivity index (χ1n) is 3.34. The molecule has 0 aliphatic heterocycles. The Morgan fingerprint density at radius 2 is 1.31 bits per heavy atom. The van der Waals surface area contributed by atoms with Crippen LogP contribution in [0.4, 0.5) is 4.79 Å².